The van der Waals surface area contributed by atoms with E-state index in [1.165, 1.54) is 38.7 Å². The number of aromatic amines is 2. The summed E-state index contributed by atoms with van der Waals surface area (Å²) < 4.78 is 52.5. The van der Waals surface area contributed by atoms with Crippen LogP contribution in [0.15, 0.2) is 30.6 Å². The number of alkyl halides is 3. The Bertz CT molecular complexity index is 2120. The number of likely N-dealkylation sites (tertiary alicyclic amines) is 2. The van der Waals surface area contributed by atoms with Gasteiger partial charge in [0.2, 0.25) is 11.8 Å². The monoisotopic (exact) mass is 805 g/mol. The molecule has 2 aliphatic rings. The van der Waals surface area contributed by atoms with Gasteiger partial charge in [0.15, 0.2) is 0 Å². The number of methoxy groups -OCH3 is 2. The third-order valence-electron chi connectivity index (χ3n) is 10.5. The minimum Gasteiger partial charge on any atom is -0.469 e. The van der Waals surface area contributed by atoms with Crippen molar-refractivity contribution in [3.63, 3.8) is 0 Å². The van der Waals surface area contributed by atoms with Crippen molar-refractivity contribution in [1.29, 1.82) is 0 Å². The van der Waals surface area contributed by atoms with Crippen LogP contribution in [0, 0.1) is 53.3 Å². The van der Waals surface area contributed by atoms with Crippen LogP contribution < -0.4 is 5.32 Å². The molecule has 3 amide bonds. The Morgan fingerprint density at radius 3 is 1.88 bits per heavy atom. The quantitative estimate of drug-likeness (QED) is 0.176. The number of hydrogen-bond acceptors (Lipinski definition) is 8. The van der Waals surface area contributed by atoms with Gasteiger partial charge in [0, 0.05) is 24.2 Å². The highest BCUT2D eigenvalue weighted by Gasteiger charge is 2.41. The van der Waals surface area contributed by atoms with E-state index in [-0.39, 0.29) is 58.7 Å². The maximum Gasteiger partial charge on any atom is 0.417 e. The molecular formula is C42H50F3N7O6. The van der Waals surface area contributed by atoms with Gasteiger partial charge in [-0.15, -0.1) is 0 Å². The summed E-state index contributed by atoms with van der Waals surface area (Å²) in [7, 11) is 2.51. The standard InChI is InChI=1S/C42H50F3N7O6/c1-23(2)31(18-35(53)57-7)39(54)51-21-25(5)15-33(51)37-47-20-30(49-37)14-12-28-11-9-27(17-32(28)42(43,44)45)10-13-29-19-46-38(48-29)34-16-26(6)22-52(34)40(55)36(24(3)4)50-41(56)58-8/h9,11,17,19-20,23-26,31,33-34,36H,15-16,18,21-22H2,1-8H3,(H,46,48)(H,47,49)(H,50,56)/t25-,26-,31-,33-,34-,36-/m0/s1. The fourth-order valence-corrected chi connectivity index (χ4v) is 7.44. The molecule has 310 valence electrons. The predicted octanol–water partition coefficient (Wildman–Crippen LogP) is 5.99. The van der Waals surface area contributed by atoms with Gasteiger partial charge in [-0.05, 0) is 66.6 Å². The fraction of sp³-hybridized carbons (Fsp3) is 0.524. The first-order valence-electron chi connectivity index (χ1n) is 19.3. The average molecular weight is 806 g/mol. The number of nitrogens with zero attached hydrogens (tertiary/aromatic N) is 4. The van der Waals surface area contributed by atoms with Crippen LogP contribution in [-0.2, 0) is 30.0 Å². The van der Waals surface area contributed by atoms with Crippen LogP contribution in [-0.4, -0.2) is 87.0 Å². The maximum atomic E-state index is 14.3. The van der Waals surface area contributed by atoms with Crippen molar-refractivity contribution in [2.24, 2.45) is 29.6 Å². The van der Waals surface area contributed by atoms with Crippen LogP contribution >= 0.6 is 0 Å². The second-order valence-electron chi connectivity index (χ2n) is 15.8. The van der Waals surface area contributed by atoms with E-state index >= 15 is 0 Å². The zero-order chi connectivity index (χ0) is 42.5. The summed E-state index contributed by atoms with van der Waals surface area (Å²) in [5.74, 6) is 10.4. The highest BCUT2D eigenvalue weighted by atomic mass is 19.4. The smallest absolute Gasteiger partial charge is 0.417 e. The highest BCUT2D eigenvalue weighted by molar-refractivity contribution is 5.86. The van der Waals surface area contributed by atoms with Crippen molar-refractivity contribution in [1.82, 2.24) is 35.1 Å². The third kappa shape index (κ3) is 10.2. The molecule has 3 aromatic rings. The topological polar surface area (TPSA) is 163 Å². The first kappa shape index (κ1) is 43.4. The van der Waals surface area contributed by atoms with E-state index in [0.29, 0.717) is 43.3 Å². The number of H-pyrrole nitrogens is 2. The Morgan fingerprint density at radius 1 is 0.828 bits per heavy atom. The summed E-state index contributed by atoms with van der Waals surface area (Å²) in [6.07, 6.45) is -1.36. The molecule has 16 heteroatoms. The Hall–Kier alpha value is -5.77. The number of nitrogens with one attached hydrogen (secondary N) is 3. The number of imidazole rings is 2. The van der Waals surface area contributed by atoms with Gasteiger partial charge in [0.05, 0.1) is 56.6 Å². The molecule has 5 rings (SSSR count). The SMILES string of the molecule is COC(=O)C[C@H](C(=O)N1C[C@@H](C)C[C@H]1c1ncc(C#Cc2ccc(C#Cc3cnc([C@@H]4C[C@H](C)CN4C(=O)[C@@H](NC(=O)OC)C(C)C)[nH]3)cc2C(F)(F)F)[nH]1)C(C)C. The Labute approximate surface area is 336 Å². The Balaban J connectivity index is 1.33. The van der Waals surface area contributed by atoms with E-state index in [4.69, 9.17) is 9.47 Å². The Kier molecular flexibility index (Phi) is 13.6. The first-order chi connectivity index (χ1) is 27.4. The number of alkyl carbamates (subject to hydrolysis) is 1. The van der Waals surface area contributed by atoms with Gasteiger partial charge >= 0.3 is 18.2 Å². The number of halogens is 3. The molecule has 58 heavy (non-hydrogen) atoms. The second kappa shape index (κ2) is 18.2. The normalized spacial score (nSPS) is 20.2. The third-order valence-corrected chi connectivity index (χ3v) is 10.5. The summed E-state index contributed by atoms with van der Waals surface area (Å²) in [5.41, 5.74) is -0.487. The fourth-order valence-electron chi connectivity index (χ4n) is 7.44. The molecule has 0 saturated carbocycles. The van der Waals surface area contributed by atoms with Crippen molar-refractivity contribution in [2.45, 2.75) is 85.1 Å². The number of amides is 3. The summed E-state index contributed by atoms with van der Waals surface area (Å²) in [5, 5.41) is 2.62. The molecule has 2 aromatic heterocycles. The van der Waals surface area contributed by atoms with Gasteiger partial charge in [-0.1, -0.05) is 53.4 Å². The molecule has 2 aliphatic heterocycles. The molecular weight excluding hydrogens is 755 g/mol. The zero-order valence-electron chi connectivity index (χ0n) is 33.9. The Morgan fingerprint density at radius 2 is 1.38 bits per heavy atom. The second-order valence-corrected chi connectivity index (χ2v) is 15.8. The van der Waals surface area contributed by atoms with E-state index in [1.807, 2.05) is 41.5 Å². The molecule has 0 radical (unpaired) electrons. The molecule has 3 N–H and O–H groups in total. The molecule has 1 aromatic carbocycles. The first-order valence-corrected chi connectivity index (χ1v) is 19.3. The van der Waals surface area contributed by atoms with Gasteiger partial charge in [0.1, 0.15) is 29.1 Å². The minimum atomic E-state index is -4.73. The van der Waals surface area contributed by atoms with Crippen molar-refractivity contribution >= 4 is 23.9 Å². The average Bonchev–Trinajstić information content (AvgIpc) is 3.99. The molecule has 0 spiro atoms. The van der Waals surface area contributed by atoms with Crippen LogP contribution in [0.25, 0.3) is 0 Å². The van der Waals surface area contributed by atoms with Gasteiger partial charge in [0.25, 0.3) is 0 Å². The van der Waals surface area contributed by atoms with E-state index < -0.39 is 47.8 Å². The van der Waals surface area contributed by atoms with Gasteiger partial charge < -0.3 is 34.6 Å². The maximum absolute atomic E-state index is 14.3. The summed E-state index contributed by atoms with van der Waals surface area (Å²) in [6, 6.07) is 2.01. The van der Waals surface area contributed by atoms with Crippen LogP contribution in [0.5, 0.6) is 0 Å². The van der Waals surface area contributed by atoms with Crippen molar-refractivity contribution < 1.29 is 41.8 Å². The number of benzene rings is 1. The molecule has 2 saturated heterocycles. The number of esters is 1. The van der Waals surface area contributed by atoms with Crippen molar-refractivity contribution in [3.05, 3.63) is 70.3 Å². The largest absolute Gasteiger partial charge is 0.469 e. The lowest BCUT2D eigenvalue weighted by Gasteiger charge is -2.30. The minimum absolute atomic E-state index is 0.0452. The number of carbonyl (C=O) groups excluding carboxylic acids is 4. The van der Waals surface area contributed by atoms with Gasteiger partial charge in [-0.3, -0.25) is 14.4 Å². The lowest BCUT2D eigenvalue weighted by Crippen LogP contribution is -2.51. The van der Waals surface area contributed by atoms with Crippen molar-refractivity contribution in [3.8, 4) is 23.7 Å². The van der Waals surface area contributed by atoms with E-state index in [1.54, 1.807) is 9.80 Å². The summed E-state index contributed by atoms with van der Waals surface area (Å²) in [6.45, 7) is 12.3. The molecule has 2 fully saturated rings. The molecule has 0 aliphatic carbocycles. The zero-order valence-corrected chi connectivity index (χ0v) is 33.9. The van der Waals surface area contributed by atoms with Crippen LogP contribution in [0.1, 0.15) is 113 Å². The van der Waals surface area contributed by atoms with Crippen LogP contribution in [0.4, 0.5) is 18.0 Å². The lowest BCUT2D eigenvalue weighted by atomic mass is 9.91. The van der Waals surface area contributed by atoms with E-state index in [9.17, 15) is 32.3 Å². The van der Waals surface area contributed by atoms with Gasteiger partial charge in [-0.25, -0.2) is 14.8 Å². The molecule has 13 nitrogen and oxygen atoms in total. The molecule has 6 atom stereocenters. The number of aromatic nitrogens is 4. The van der Waals surface area contributed by atoms with Gasteiger partial charge in [-0.2, -0.15) is 13.2 Å². The molecule has 0 unspecified atom stereocenters. The summed E-state index contributed by atoms with van der Waals surface area (Å²) in [4.78, 5) is 69.7. The number of hydrogen-bond donors (Lipinski definition) is 3. The van der Waals surface area contributed by atoms with Crippen molar-refractivity contribution in [2.75, 3.05) is 27.3 Å². The highest BCUT2D eigenvalue weighted by Crippen LogP contribution is 2.38. The number of carbonyl (C=O) groups is 4. The predicted molar refractivity (Wildman–Crippen MR) is 206 cm³/mol. The molecule has 0 bridgehead atoms. The lowest BCUT2D eigenvalue weighted by molar-refractivity contribution is -0.148. The van der Waals surface area contributed by atoms with Crippen LogP contribution in [0.2, 0.25) is 0 Å². The number of rotatable bonds is 9. The van der Waals surface area contributed by atoms with E-state index in [2.05, 4.69) is 48.9 Å². The molecule has 4 heterocycles. The van der Waals surface area contributed by atoms with Crippen LogP contribution in [0.3, 0.4) is 0 Å². The van der Waals surface area contributed by atoms with E-state index in [0.717, 1.165) is 6.07 Å². The summed E-state index contributed by atoms with van der Waals surface area (Å²) >= 11 is 0. The number of ether oxygens (including phenoxy) is 2.